The summed E-state index contributed by atoms with van der Waals surface area (Å²) in [5, 5.41) is 0. The summed E-state index contributed by atoms with van der Waals surface area (Å²) in [5.74, 6) is 0. The molecule has 0 aromatic heterocycles. The van der Waals surface area contributed by atoms with Gasteiger partial charge in [0.1, 0.15) is 6.79 Å². The van der Waals surface area contributed by atoms with Gasteiger partial charge in [-0.05, 0) is 17.7 Å². The maximum atomic E-state index is 5.31. The fraction of sp³-hybridized carbons (Fsp3) is 0.455. The standard InChI is InChI=1S/C11H15BrO3/c1-13-6-7-14-9-15-8-10-2-4-11(12)5-3-10/h2-5H,6-9H2,1H3. The molecule has 3 nitrogen and oxygen atoms in total. The van der Waals surface area contributed by atoms with E-state index < -0.39 is 0 Å². The fourth-order valence-electron chi connectivity index (χ4n) is 1.00. The molecule has 0 aliphatic rings. The number of hydrogen-bond acceptors (Lipinski definition) is 3. The predicted octanol–water partition coefficient (Wildman–Crippen LogP) is 2.59. The summed E-state index contributed by atoms with van der Waals surface area (Å²) >= 11 is 3.38. The molecule has 1 rings (SSSR count). The molecule has 0 fully saturated rings. The molecule has 0 saturated carbocycles. The molecule has 0 radical (unpaired) electrons. The van der Waals surface area contributed by atoms with Crippen LogP contribution in [0, 0.1) is 0 Å². The van der Waals surface area contributed by atoms with Crippen LogP contribution in [0.4, 0.5) is 0 Å². The normalized spacial score (nSPS) is 10.5. The van der Waals surface area contributed by atoms with Crippen molar-refractivity contribution >= 4 is 15.9 Å². The van der Waals surface area contributed by atoms with Gasteiger partial charge < -0.3 is 14.2 Å². The smallest absolute Gasteiger partial charge is 0.147 e. The minimum absolute atomic E-state index is 0.305. The van der Waals surface area contributed by atoms with E-state index in [0.717, 1.165) is 10.0 Å². The molecule has 0 N–H and O–H groups in total. The topological polar surface area (TPSA) is 27.7 Å². The van der Waals surface area contributed by atoms with Gasteiger partial charge in [0.15, 0.2) is 0 Å². The van der Waals surface area contributed by atoms with Crippen LogP contribution in [0.3, 0.4) is 0 Å². The van der Waals surface area contributed by atoms with Crippen molar-refractivity contribution in [3.8, 4) is 0 Å². The van der Waals surface area contributed by atoms with Crippen LogP contribution >= 0.6 is 15.9 Å². The van der Waals surface area contributed by atoms with E-state index in [0.29, 0.717) is 26.6 Å². The van der Waals surface area contributed by atoms with Crippen LogP contribution in [0.25, 0.3) is 0 Å². The maximum absolute atomic E-state index is 5.31. The zero-order valence-electron chi connectivity index (χ0n) is 8.74. The minimum atomic E-state index is 0.305. The van der Waals surface area contributed by atoms with Crippen molar-refractivity contribution in [1.29, 1.82) is 0 Å². The molecule has 0 aliphatic heterocycles. The molecule has 0 atom stereocenters. The van der Waals surface area contributed by atoms with E-state index in [-0.39, 0.29) is 0 Å². The Morgan fingerprint density at radius 1 is 1.07 bits per heavy atom. The number of benzene rings is 1. The first-order valence-electron chi connectivity index (χ1n) is 4.72. The molecule has 1 aromatic rings. The highest BCUT2D eigenvalue weighted by atomic mass is 79.9. The third-order valence-electron chi connectivity index (χ3n) is 1.78. The van der Waals surface area contributed by atoms with E-state index >= 15 is 0 Å². The summed E-state index contributed by atoms with van der Waals surface area (Å²) in [7, 11) is 1.64. The highest BCUT2D eigenvalue weighted by molar-refractivity contribution is 9.10. The summed E-state index contributed by atoms with van der Waals surface area (Å²) in [4.78, 5) is 0. The lowest BCUT2D eigenvalue weighted by Crippen LogP contribution is -2.05. The van der Waals surface area contributed by atoms with Gasteiger partial charge in [-0.1, -0.05) is 28.1 Å². The minimum Gasteiger partial charge on any atom is -0.382 e. The SMILES string of the molecule is COCCOCOCc1ccc(Br)cc1. The van der Waals surface area contributed by atoms with Gasteiger partial charge in [-0.15, -0.1) is 0 Å². The van der Waals surface area contributed by atoms with Crippen molar-refractivity contribution < 1.29 is 14.2 Å². The summed E-state index contributed by atoms with van der Waals surface area (Å²) in [6, 6.07) is 8.01. The number of hydrogen-bond donors (Lipinski definition) is 0. The Hall–Kier alpha value is -0.420. The third-order valence-corrected chi connectivity index (χ3v) is 2.31. The second kappa shape index (κ2) is 7.82. The Bertz CT molecular complexity index is 261. The molecule has 0 heterocycles. The molecular formula is C11H15BrO3. The number of halogens is 1. The Balaban J connectivity index is 2.07. The average Bonchev–Trinajstić information content (AvgIpc) is 2.26. The molecule has 0 amide bonds. The molecule has 15 heavy (non-hydrogen) atoms. The fourth-order valence-corrected chi connectivity index (χ4v) is 1.26. The van der Waals surface area contributed by atoms with Gasteiger partial charge in [0.05, 0.1) is 19.8 Å². The molecule has 0 unspecified atom stereocenters. The second-order valence-electron chi connectivity index (χ2n) is 2.99. The van der Waals surface area contributed by atoms with Gasteiger partial charge >= 0.3 is 0 Å². The molecule has 0 aliphatic carbocycles. The molecule has 1 aromatic carbocycles. The first kappa shape index (κ1) is 12.6. The first-order chi connectivity index (χ1) is 7.33. The Morgan fingerprint density at radius 2 is 1.80 bits per heavy atom. The van der Waals surface area contributed by atoms with E-state index in [1.165, 1.54) is 0 Å². The Labute approximate surface area is 98.5 Å². The highest BCUT2D eigenvalue weighted by Crippen LogP contribution is 2.10. The highest BCUT2D eigenvalue weighted by Gasteiger charge is 1.93. The van der Waals surface area contributed by atoms with Gasteiger partial charge in [0, 0.05) is 11.6 Å². The van der Waals surface area contributed by atoms with Gasteiger partial charge in [0.25, 0.3) is 0 Å². The molecule has 0 spiro atoms. The van der Waals surface area contributed by atoms with Crippen LogP contribution in [-0.4, -0.2) is 27.1 Å². The zero-order valence-corrected chi connectivity index (χ0v) is 10.3. The van der Waals surface area contributed by atoms with E-state index in [4.69, 9.17) is 14.2 Å². The Kier molecular flexibility index (Phi) is 6.59. The second-order valence-corrected chi connectivity index (χ2v) is 3.91. The lowest BCUT2D eigenvalue weighted by Gasteiger charge is -2.05. The summed E-state index contributed by atoms with van der Waals surface area (Å²) in [6.07, 6.45) is 0. The number of ether oxygens (including phenoxy) is 3. The summed E-state index contributed by atoms with van der Waals surface area (Å²) in [5.41, 5.74) is 1.13. The molecule has 4 heteroatoms. The zero-order chi connectivity index (χ0) is 10.9. The summed E-state index contributed by atoms with van der Waals surface area (Å²) in [6.45, 7) is 2.04. The van der Waals surface area contributed by atoms with E-state index in [1.807, 2.05) is 24.3 Å². The van der Waals surface area contributed by atoms with Crippen molar-refractivity contribution in [2.24, 2.45) is 0 Å². The van der Waals surface area contributed by atoms with Crippen molar-refractivity contribution in [3.63, 3.8) is 0 Å². The van der Waals surface area contributed by atoms with Gasteiger partial charge in [-0.2, -0.15) is 0 Å². The monoisotopic (exact) mass is 274 g/mol. The Morgan fingerprint density at radius 3 is 2.47 bits per heavy atom. The molecule has 0 saturated heterocycles. The molecule has 0 bridgehead atoms. The van der Waals surface area contributed by atoms with Crippen LogP contribution < -0.4 is 0 Å². The molecule has 84 valence electrons. The number of methoxy groups -OCH3 is 1. The van der Waals surface area contributed by atoms with Gasteiger partial charge in [-0.3, -0.25) is 0 Å². The lowest BCUT2D eigenvalue weighted by molar-refractivity contribution is -0.0724. The van der Waals surface area contributed by atoms with E-state index in [9.17, 15) is 0 Å². The number of rotatable bonds is 7. The maximum Gasteiger partial charge on any atom is 0.147 e. The first-order valence-corrected chi connectivity index (χ1v) is 5.51. The van der Waals surface area contributed by atoms with Crippen molar-refractivity contribution in [2.75, 3.05) is 27.1 Å². The van der Waals surface area contributed by atoms with Crippen molar-refractivity contribution in [2.45, 2.75) is 6.61 Å². The van der Waals surface area contributed by atoms with Crippen LogP contribution in [0.5, 0.6) is 0 Å². The van der Waals surface area contributed by atoms with E-state index in [1.54, 1.807) is 7.11 Å². The van der Waals surface area contributed by atoms with Crippen molar-refractivity contribution in [1.82, 2.24) is 0 Å². The van der Waals surface area contributed by atoms with Crippen molar-refractivity contribution in [3.05, 3.63) is 34.3 Å². The van der Waals surface area contributed by atoms with Gasteiger partial charge in [0.2, 0.25) is 0 Å². The largest absolute Gasteiger partial charge is 0.382 e. The average molecular weight is 275 g/mol. The van der Waals surface area contributed by atoms with Crippen LogP contribution in [-0.2, 0) is 20.8 Å². The summed E-state index contributed by atoms with van der Waals surface area (Å²) < 4.78 is 16.4. The van der Waals surface area contributed by atoms with Gasteiger partial charge in [-0.25, -0.2) is 0 Å². The van der Waals surface area contributed by atoms with Crippen LogP contribution in [0.1, 0.15) is 5.56 Å². The van der Waals surface area contributed by atoms with Crippen LogP contribution in [0.15, 0.2) is 28.7 Å². The predicted molar refractivity (Wildman–Crippen MR) is 61.6 cm³/mol. The molecular weight excluding hydrogens is 260 g/mol. The lowest BCUT2D eigenvalue weighted by atomic mass is 10.2. The third kappa shape index (κ3) is 5.89. The quantitative estimate of drug-likeness (QED) is 0.565. The van der Waals surface area contributed by atoms with Crippen LogP contribution in [0.2, 0.25) is 0 Å². The van der Waals surface area contributed by atoms with E-state index in [2.05, 4.69) is 15.9 Å².